The predicted octanol–water partition coefficient (Wildman–Crippen LogP) is 1.74. The molecule has 0 saturated heterocycles. The van der Waals surface area contributed by atoms with E-state index in [0.29, 0.717) is 10.2 Å². The lowest BCUT2D eigenvalue weighted by atomic mass is 10.1. The molecule has 7 heteroatoms. The van der Waals surface area contributed by atoms with Crippen LogP contribution in [0.3, 0.4) is 0 Å². The highest BCUT2D eigenvalue weighted by Crippen LogP contribution is 2.44. The number of carbonyl (C=O) groups is 2. The van der Waals surface area contributed by atoms with Gasteiger partial charge in [0.1, 0.15) is 10.2 Å². The summed E-state index contributed by atoms with van der Waals surface area (Å²) in [5.41, 5.74) is -0.116. The molecule has 0 spiro atoms. The first-order chi connectivity index (χ1) is 8.47. The number of aliphatic carboxylic acids is 1. The van der Waals surface area contributed by atoms with Crippen LogP contribution in [0.2, 0.25) is 0 Å². The van der Waals surface area contributed by atoms with E-state index in [4.69, 9.17) is 19.3 Å². The number of benzene rings is 1. The van der Waals surface area contributed by atoms with Gasteiger partial charge >= 0.3 is 5.97 Å². The second-order valence-corrected chi connectivity index (χ2v) is 3.93. The average Bonchev–Trinajstić information content (AvgIpc) is 2.36. The molecular weight excluding hydrogens is 308 g/mol. The molecule has 0 radical (unpaired) electrons. The lowest BCUT2D eigenvalue weighted by molar-refractivity contribution is -0.131. The first kappa shape index (κ1) is 14.3. The predicted molar refractivity (Wildman–Crippen MR) is 65.8 cm³/mol. The summed E-state index contributed by atoms with van der Waals surface area (Å²) in [4.78, 5) is 22.3. The molecule has 1 rings (SSSR count). The zero-order valence-corrected chi connectivity index (χ0v) is 11.5. The highest BCUT2D eigenvalue weighted by atomic mass is 79.9. The van der Waals surface area contributed by atoms with Crippen molar-refractivity contribution in [3.63, 3.8) is 0 Å². The molecule has 0 amide bonds. The second-order valence-electron chi connectivity index (χ2n) is 3.14. The van der Waals surface area contributed by atoms with Gasteiger partial charge in [0.05, 0.1) is 26.9 Å². The van der Waals surface area contributed by atoms with Crippen molar-refractivity contribution >= 4 is 27.7 Å². The Morgan fingerprint density at radius 1 is 1.11 bits per heavy atom. The van der Waals surface area contributed by atoms with E-state index in [-0.39, 0.29) is 17.1 Å². The third-order valence-electron chi connectivity index (χ3n) is 2.21. The molecule has 0 bridgehead atoms. The van der Waals surface area contributed by atoms with Crippen molar-refractivity contribution < 1.29 is 28.9 Å². The number of rotatable bonds is 5. The minimum atomic E-state index is -1.58. The quantitative estimate of drug-likeness (QED) is 0.658. The summed E-state index contributed by atoms with van der Waals surface area (Å²) >= 11 is 3.19. The van der Waals surface area contributed by atoms with Crippen LogP contribution >= 0.6 is 15.9 Å². The molecule has 18 heavy (non-hydrogen) atoms. The van der Waals surface area contributed by atoms with Crippen LogP contribution in [0.5, 0.6) is 17.2 Å². The Morgan fingerprint density at radius 2 is 1.67 bits per heavy atom. The van der Waals surface area contributed by atoms with E-state index < -0.39 is 11.8 Å². The molecule has 98 valence electrons. The van der Waals surface area contributed by atoms with Crippen molar-refractivity contribution in [3.05, 3.63) is 16.1 Å². The normalized spacial score (nSPS) is 9.78. The number of halogens is 1. The third-order valence-corrected chi connectivity index (χ3v) is 2.93. The van der Waals surface area contributed by atoms with Crippen molar-refractivity contribution in [2.75, 3.05) is 21.3 Å². The van der Waals surface area contributed by atoms with E-state index in [1.165, 1.54) is 27.4 Å². The van der Waals surface area contributed by atoms with E-state index in [2.05, 4.69) is 15.9 Å². The topological polar surface area (TPSA) is 82.1 Å². The maximum Gasteiger partial charge on any atom is 0.377 e. The van der Waals surface area contributed by atoms with E-state index in [1.807, 2.05) is 0 Å². The molecule has 0 unspecified atom stereocenters. The Morgan fingerprint density at radius 3 is 2.06 bits per heavy atom. The maximum absolute atomic E-state index is 11.5. The van der Waals surface area contributed by atoms with Gasteiger partial charge in [0.15, 0.2) is 11.5 Å². The van der Waals surface area contributed by atoms with E-state index in [1.54, 1.807) is 0 Å². The summed E-state index contributed by atoms with van der Waals surface area (Å²) < 4.78 is 15.5. The minimum Gasteiger partial charge on any atom is -0.495 e. The summed E-state index contributed by atoms with van der Waals surface area (Å²) in [7, 11) is 4.12. The number of carboxylic acids is 1. The largest absolute Gasteiger partial charge is 0.495 e. The molecule has 1 aromatic carbocycles. The van der Waals surface area contributed by atoms with Crippen LogP contribution in [0.25, 0.3) is 0 Å². The van der Waals surface area contributed by atoms with Crippen molar-refractivity contribution in [2.24, 2.45) is 0 Å². The molecule has 0 aliphatic carbocycles. The Hall–Kier alpha value is -1.76. The molecule has 6 nitrogen and oxygen atoms in total. The molecule has 0 aromatic heterocycles. The summed E-state index contributed by atoms with van der Waals surface area (Å²) in [6.45, 7) is 0. The first-order valence-corrected chi connectivity index (χ1v) is 5.53. The van der Waals surface area contributed by atoms with Crippen molar-refractivity contribution in [2.45, 2.75) is 0 Å². The van der Waals surface area contributed by atoms with Crippen LogP contribution in [0.1, 0.15) is 10.4 Å². The van der Waals surface area contributed by atoms with Gasteiger partial charge in [-0.2, -0.15) is 0 Å². The number of methoxy groups -OCH3 is 3. The number of hydrogen-bond acceptors (Lipinski definition) is 5. The van der Waals surface area contributed by atoms with Crippen LogP contribution in [-0.4, -0.2) is 38.2 Å². The van der Waals surface area contributed by atoms with Gasteiger partial charge in [-0.3, -0.25) is 4.79 Å². The first-order valence-electron chi connectivity index (χ1n) is 4.74. The van der Waals surface area contributed by atoms with Gasteiger partial charge in [-0.15, -0.1) is 0 Å². The number of carbonyl (C=O) groups excluding carboxylic acids is 1. The number of ketones is 1. The zero-order chi connectivity index (χ0) is 13.9. The summed E-state index contributed by atoms with van der Waals surface area (Å²) in [6, 6.07) is 1.26. The highest BCUT2D eigenvalue weighted by molar-refractivity contribution is 9.10. The van der Waals surface area contributed by atoms with Crippen LogP contribution in [-0.2, 0) is 4.79 Å². The molecule has 0 aliphatic heterocycles. The minimum absolute atomic E-state index is 0.0834. The van der Waals surface area contributed by atoms with Gasteiger partial charge in [0, 0.05) is 0 Å². The Bertz CT molecular complexity index is 497. The molecule has 0 heterocycles. The molecule has 1 aromatic rings. The Labute approximate surface area is 112 Å². The number of Topliss-reactive ketones (excluding diaryl/α,β-unsaturated/α-hetero) is 1. The van der Waals surface area contributed by atoms with Gasteiger partial charge in [-0.25, -0.2) is 4.79 Å². The summed E-state index contributed by atoms with van der Waals surface area (Å²) in [6.07, 6.45) is 0. The van der Waals surface area contributed by atoms with Crippen LogP contribution in [0.15, 0.2) is 10.5 Å². The molecule has 0 aliphatic rings. The fourth-order valence-corrected chi connectivity index (χ4v) is 2.15. The number of hydrogen-bond donors (Lipinski definition) is 1. The second kappa shape index (κ2) is 5.72. The van der Waals surface area contributed by atoms with Crippen LogP contribution in [0, 0.1) is 0 Å². The van der Waals surface area contributed by atoms with E-state index in [9.17, 15) is 9.59 Å². The fraction of sp³-hybridized carbons (Fsp3) is 0.273. The SMILES string of the molecule is COc1cc(C(=O)C(=O)O)c(OC)c(Br)c1OC. The smallest absolute Gasteiger partial charge is 0.377 e. The van der Waals surface area contributed by atoms with Gasteiger partial charge in [0.25, 0.3) is 5.78 Å². The summed E-state index contributed by atoms with van der Waals surface area (Å²) in [5, 5.41) is 8.74. The number of ether oxygens (including phenoxy) is 3. The van der Waals surface area contributed by atoms with Gasteiger partial charge in [0.2, 0.25) is 0 Å². The van der Waals surface area contributed by atoms with Crippen LogP contribution in [0.4, 0.5) is 0 Å². The Kier molecular flexibility index (Phi) is 4.55. The van der Waals surface area contributed by atoms with Gasteiger partial charge in [-0.05, 0) is 22.0 Å². The van der Waals surface area contributed by atoms with Crippen molar-refractivity contribution in [1.29, 1.82) is 0 Å². The Balaban J connectivity index is 3.57. The lowest BCUT2D eigenvalue weighted by Gasteiger charge is -2.15. The van der Waals surface area contributed by atoms with Gasteiger partial charge in [-0.1, -0.05) is 0 Å². The van der Waals surface area contributed by atoms with E-state index >= 15 is 0 Å². The number of carboxylic acid groups (broad SMARTS) is 1. The molecular formula is C11H11BrO6. The summed E-state index contributed by atoms with van der Waals surface area (Å²) in [5.74, 6) is -2.04. The van der Waals surface area contributed by atoms with Crippen LogP contribution < -0.4 is 14.2 Å². The highest BCUT2D eigenvalue weighted by Gasteiger charge is 2.26. The third kappa shape index (κ3) is 2.40. The molecule has 0 fully saturated rings. The monoisotopic (exact) mass is 318 g/mol. The van der Waals surface area contributed by atoms with E-state index in [0.717, 1.165) is 0 Å². The van der Waals surface area contributed by atoms with Crippen molar-refractivity contribution in [3.8, 4) is 17.2 Å². The van der Waals surface area contributed by atoms with Crippen molar-refractivity contribution in [1.82, 2.24) is 0 Å². The molecule has 0 saturated carbocycles. The molecule has 0 atom stereocenters. The average molecular weight is 319 g/mol. The standard InChI is InChI=1S/C11H11BrO6/c1-16-6-4-5(8(13)11(14)15)9(17-2)7(12)10(6)18-3/h4H,1-3H3,(H,14,15). The fourth-order valence-electron chi connectivity index (χ4n) is 1.42. The maximum atomic E-state index is 11.5. The van der Waals surface area contributed by atoms with Gasteiger partial charge < -0.3 is 19.3 Å². The zero-order valence-electron chi connectivity index (χ0n) is 9.94. The lowest BCUT2D eigenvalue weighted by Crippen LogP contribution is -2.14. The molecule has 1 N–H and O–H groups in total.